The molecular weight excluding hydrogens is 235 g/mol. The van der Waals surface area contributed by atoms with E-state index in [1.165, 1.54) is 0 Å². The highest BCUT2D eigenvalue weighted by Crippen LogP contribution is 2.31. The Balaban J connectivity index is 3.10. The lowest BCUT2D eigenvalue weighted by molar-refractivity contribution is 1.42. The molecule has 0 nitrogen and oxygen atoms in total. The van der Waals surface area contributed by atoms with Crippen LogP contribution in [0.2, 0.25) is 15.1 Å². The van der Waals surface area contributed by atoms with E-state index in [2.05, 4.69) is 0 Å². The second kappa shape index (κ2) is 4.61. The van der Waals surface area contributed by atoms with Crippen molar-refractivity contribution in [3.8, 4) is 0 Å². The van der Waals surface area contributed by atoms with Gasteiger partial charge in [0.25, 0.3) is 0 Å². The van der Waals surface area contributed by atoms with E-state index in [9.17, 15) is 0 Å². The molecule has 0 N–H and O–H groups in total. The lowest BCUT2D eigenvalue weighted by Gasteiger charge is -2.05. The molecule has 66 valence electrons. The van der Waals surface area contributed by atoms with Gasteiger partial charge in [0.2, 0.25) is 0 Å². The molecule has 0 amide bonds. The minimum atomic E-state index is 0.579. The van der Waals surface area contributed by atoms with E-state index in [-0.39, 0.29) is 0 Å². The van der Waals surface area contributed by atoms with Crippen LogP contribution in [-0.4, -0.2) is 6.26 Å². The molecule has 0 spiro atoms. The van der Waals surface area contributed by atoms with Gasteiger partial charge in [0.1, 0.15) is 0 Å². The van der Waals surface area contributed by atoms with Gasteiger partial charge in [-0.05, 0) is 24.0 Å². The summed E-state index contributed by atoms with van der Waals surface area (Å²) in [6, 6.07) is 3.42. The van der Waals surface area contributed by atoms with Gasteiger partial charge in [0, 0.05) is 20.8 Å². The Kier molecular flexibility index (Phi) is 4.04. The zero-order chi connectivity index (χ0) is 9.14. The Hall–Kier alpha value is 0.440. The number of benzene rings is 1. The number of hydrogen-bond donors (Lipinski definition) is 0. The lowest BCUT2D eigenvalue weighted by atomic mass is 10.2. The maximum Gasteiger partial charge on any atom is 0.0476 e. The molecule has 0 radical (unpaired) electrons. The summed E-state index contributed by atoms with van der Waals surface area (Å²) < 4.78 is 0. The van der Waals surface area contributed by atoms with Crippen LogP contribution in [-0.2, 0) is 5.75 Å². The molecule has 0 saturated carbocycles. The monoisotopic (exact) mass is 240 g/mol. The fraction of sp³-hybridized carbons (Fsp3) is 0.250. The highest BCUT2D eigenvalue weighted by molar-refractivity contribution is 7.97. The summed E-state index contributed by atoms with van der Waals surface area (Å²) in [6.07, 6.45) is 2.00. The molecule has 0 aromatic heterocycles. The SMILES string of the molecule is CSCc1c(Cl)cc(Cl)cc1Cl. The molecule has 0 aliphatic heterocycles. The van der Waals surface area contributed by atoms with Crippen molar-refractivity contribution in [2.24, 2.45) is 0 Å². The first-order valence-electron chi connectivity index (χ1n) is 3.27. The fourth-order valence-corrected chi connectivity index (χ4v) is 2.56. The smallest absolute Gasteiger partial charge is 0.0476 e. The average molecular weight is 242 g/mol. The van der Waals surface area contributed by atoms with E-state index in [1.54, 1.807) is 23.9 Å². The number of hydrogen-bond acceptors (Lipinski definition) is 1. The van der Waals surface area contributed by atoms with Gasteiger partial charge in [-0.25, -0.2) is 0 Å². The van der Waals surface area contributed by atoms with Crippen LogP contribution < -0.4 is 0 Å². The summed E-state index contributed by atoms with van der Waals surface area (Å²) in [4.78, 5) is 0. The van der Waals surface area contributed by atoms with Gasteiger partial charge in [-0.15, -0.1) is 0 Å². The summed E-state index contributed by atoms with van der Waals surface area (Å²) in [5.41, 5.74) is 0.954. The van der Waals surface area contributed by atoms with E-state index in [1.807, 2.05) is 6.26 Å². The minimum Gasteiger partial charge on any atom is -0.161 e. The standard InChI is InChI=1S/C8H7Cl3S/c1-12-4-6-7(10)2-5(9)3-8(6)11/h2-3H,4H2,1H3. The second-order valence-electron chi connectivity index (χ2n) is 2.28. The van der Waals surface area contributed by atoms with Crippen LogP contribution in [0.15, 0.2) is 12.1 Å². The van der Waals surface area contributed by atoms with Gasteiger partial charge < -0.3 is 0 Å². The topological polar surface area (TPSA) is 0 Å². The van der Waals surface area contributed by atoms with Crippen LogP contribution >= 0.6 is 46.6 Å². The van der Waals surface area contributed by atoms with Crippen LogP contribution in [0.25, 0.3) is 0 Å². The van der Waals surface area contributed by atoms with E-state index in [0.29, 0.717) is 15.1 Å². The van der Waals surface area contributed by atoms with Crippen molar-refractivity contribution in [3.05, 3.63) is 32.8 Å². The molecule has 1 rings (SSSR count). The molecule has 1 aromatic rings. The van der Waals surface area contributed by atoms with Crippen molar-refractivity contribution in [2.45, 2.75) is 5.75 Å². The molecular formula is C8H7Cl3S. The van der Waals surface area contributed by atoms with Gasteiger partial charge in [-0.2, -0.15) is 11.8 Å². The second-order valence-corrected chi connectivity index (χ2v) is 4.40. The maximum atomic E-state index is 5.93. The molecule has 0 saturated heterocycles. The largest absolute Gasteiger partial charge is 0.161 e. The van der Waals surface area contributed by atoms with Crippen molar-refractivity contribution in [1.82, 2.24) is 0 Å². The Morgan fingerprint density at radius 1 is 1.17 bits per heavy atom. The molecule has 0 fully saturated rings. The van der Waals surface area contributed by atoms with Gasteiger partial charge in [0.05, 0.1) is 0 Å². The molecule has 0 unspecified atom stereocenters. The molecule has 0 aliphatic carbocycles. The van der Waals surface area contributed by atoms with E-state index >= 15 is 0 Å². The Labute approximate surface area is 91.2 Å². The molecule has 1 aromatic carbocycles. The molecule has 12 heavy (non-hydrogen) atoms. The fourth-order valence-electron chi connectivity index (χ4n) is 0.854. The summed E-state index contributed by atoms with van der Waals surface area (Å²) in [5.74, 6) is 0.814. The normalized spacial score (nSPS) is 10.3. The van der Waals surface area contributed by atoms with Crippen LogP contribution in [0.4, 0.5) is 0 Å². The number of thioether (sulfide) groups is 1. The summed E-state index contributed by atoms with van der Waals surface area (Å²) in [5, 5.41) is 1.86. The Bertz CT molecular complexity index is 263. The highest BCUT2D eigenvalue weighted by atomic mass is 35.5. The molecule has 0 heterocycles. The maximum absolute atomic E-state index is 5.93. The van der Waals surface area contributed by atoms with Crippen LogP contribution in [0.1, 0.15) is 5.56 Å². The molecule has 0 aliphatic rings. The third-order valence-electron chi connectivity index (χ3n) is 1.39. The molecule has 4 heteroatoms. The van der Waals surface area contributed by atoms with Crippen LogP contribution in [0.3, 0.4) is 0 Å². The predicted molar refractivity (Wildman–Crippen MR) is 58.7 cm³/mol. The van der Waals surface area contributed by atoms with E-state index in [0.717, 1.165) is 11.3 Å². The van der Waals surface area contributed by atoms with Crippen molar-refractivity contribution < 1.29 is 0 Å². The minimum absolute atomic E-state index is 0.579. The predicted octanol–water partition coefficient (Wildman–Crippen LogP) is 4.51. The highest BCUT2D eigenvalue weighted by Gasteiger charge is 2.06. The van der Waals surface area contributed by atoms with Crippen LogP contribution in [0.5, 0.6) is 0 Å². The van der Waals surface area contributed by atoms with Crippen molar-refractivity contribution >= 4 is 46.6 Å². The van der Waals surface area contributed by atoms with Crippen molar-refractivity contribution in [2.75, 3.05) is 6.26 Å². The van der Waals surface area contributed by atoms with Crippen molar-refractivity contribution in [1.29, 1.82) is 0 Å². The van der Waals surface area contributed by atoms with E-state index in [4.69, 9.17) is 34.8 Å². The number of rotatable bonds is 2. The third-order valence-corrected chi connectivity index (χ3v) is 2.86. The third kappa shape index (κ3) is 2.46. The molecule has 0 bridgehead atoms. The Morgan fingerprint density at radius 2 is 1.67 bits per heavy atom. The first kappa shape index (κ1) is 10.5. The van der Waals surface area contributed by atoms with E-state index < -0.39 is 0 Å². The summed E-state index contributed by atoms with van der Waals surface area (Å²) >= 11 is 19.3. The van der Waals surface area contributed by atoms with Crippen LogP contribution in [0, 0.1) is 0 Å². The summed E-state index contributed by atoms with van der Waals surface area (Å²) in [6.45, 7) is 0. The zero-order valence-corrected chi connectivity index (χ0v) is 9.49. The Morgan fingerprint density at radius 3 is 2.08 bits per heavy atom. The van der Waals surface area contributed by atoms with Gasteiger partial charge in [0.15, 0.2) is 0 Å². The van der Waals surface area contributed by atoms with Gasteiger partial charge in [-0.1, -0.05) is 34.8 Å². The summed E-state index contributed by atoms with van der Waals surface area (Å²) in [7, 11) is 0. The van der Waals surface area contributed by atoms with Gasteiger partial charge >= 0.3 is 0 Å². The first-order chi connectivity index (χ1) is 5.65. The molecule has 0 atom stereocenters. The first-order valence-corrected chi connectivity index (χ1v) is 5.80. The van der Waals surface area contributed by atoms with Gasteiger partial charge in [-0.3, -0.25) is 0 Å². The zero-order valence-electron chi connectivity index (χ0n) is 6.40. The number of halogens is 3. The van der Waals surface area contributed by atoms with Crippen molar-refractivity contribution in [3.63, 3.8) is 0 Å². The quantitative estimate of drug-likeness (QED) is 0.734. The lowest BCUT2D eigenvalue weighted by Crippen LogP contribution is -1.84. The average Bonchev–Trinajstić information content (AvgIpc) is 1.96.